The molecule has 8 nitrogen and oxygen atoms in total. The van der Waals surface area contributed by atoms with Crippen LogP contribution in [0.2, 0.25) is 0 Å². The molecular formula is C12H18O8. The summed E-state index contributed by atoms with van der Waals surface area (Å²) < 4.78 is 13.9. The summed E-state index contributed by atoms with van der Waals surface area (Å²) in [6, 6.07) is 0. The van der Waals surface area contributed by atoms with Gasteiger partial charge in [-0.25, -0.2) is 14.4 Å². The molecule has 4 atom stereocenters. The van der Waals surface area contributed by atoms with Crippen molar-refractivity contribution in [1.82, 2.24) is 0 Å². The minimum atomic E-state index is -1.37. The van der Waals surface area contributed by atoms with E-state index in [1.54, 1.807) is 0 Å². The Morgan fingerprint density at radius 1 is 0.850 bits per heavy atom. The highest BCUT2D eigenvalue weighted by Gasteiger charge is 2.27. The fourth-order valence-corrected chi connectivity index (χ4v) is 0.946. The van der Waals surface area contributed by atoms with Crippen LogP contribution in [0, 0.1) is 0 Å². The Hall–Kier alpha value is -1.96. The van der Waals surface area contributed by atoms with Crippen molar-refractivity contribution in [3.63, 3.8) is 0 Å². The maximum absolute atomic E-state index is 11.5. The quantitative estimate of drug-likeness (QED) is 0.374. The number of esters is 3. The molecule has 0 aromatic rings. The number of carbonyl (C=O) groups excluding carboxylic acids is 4. The van der Waals surface area contributed by atoms with Crippen LogP contribution >= 0.6 is 0 Å². The molecule has 0 saturated carbocycles. The third kappa shape index (κ3) is 6.28. The number of hydrogen-bond donors (Lipinski definition) is 1. The number of aliphatic hydroxyl groups is 1. The average Bonchev–Trinajstić information content (AvgIpc) is 2.37. The van der Waals surface area contributed by atoms with Crippen LogP contribution in [0.3, 0.4) is 0 Å². The van der Waals surface area contributed by atoms with Gasteiger partial charge in [0, 0.05) is 0 Å². The van der Waals surface area contributed by atoms with Crippen molar-refractivity contribution >= 4 is 24.2 Å². The van der Waals surface area contributed by atoms with Gasteiger partial charge < -0.3 is 19.3 Å². The maximum atomic E-state index is 11.5. The Morgan fingerprint density at radius 2 is 1.25 bits per heavy atom. The monoisotopic (exact) mass is 290 g/mol. The molecule has 0 radical (unpaired) electrons. The molecule has 0 aliphatic heterocycles. The van der Waals surface area contributed by atoms with Crippen LogP contribution < -0.4 is 0 Å². The highest BCUT2D eigenvalue weighted by atomic mass is 16.6. The lowest BCUT2D eigenvalue weighted by Crippen LogP contribution is -2.35. The van der Waals surface area contributed by atoms with Crippen molar-refractivity contribution in [2.75, 3.05) is 0 Å². The first-order valence-corrected chi connectivity index (χ1v) is 5.93. The van der Waals surface area contributed by atoms with E-state index in [0.29, 0.717) is 6.29 Å². The van der Waals surface area contributed by atoms with Gasteiger partial charge in [0.25, 0.3) is 0 Å². The predicted molar refractivity (Wildman–Crippen MR) is 64.4 cm³/mol. The van der Waals surface area contributed by atoms with Gasteiger partial charge in [-0.2, -0.15) is 0 Å². The van der Waals surface area contributed by atoms with Gasteiger partial charge in [0.2, 0.25) is 0 Å². The van der Waals surface area contributed by atoms with E-state index in [1.807, 2.05) is 0 Å². The number of rotatable bonds is 7. The summed E-state index contributed by atoms with van der Waals surface area (Å²) in [5, 5.41) is 8.91. The fraction of sp³-hybridized carbons (Fsp3) is 0.667. The molecule has 0 spiro atoms. The molecule has 0 fully saturated rings. The second-order valence-corrected chi connectivity index (χ2v) is 4.11. The van der Waals surface area contributed by atoms with Gasteiger partial charge in [-0.3, -0.25) is 4.79 Å². The summed E-state index contributed by atoms with van der Waals surface area (Å²) >= 11 is 0. The lowest BCUT2D eigenvalue weighted by Gasteiger charge is -2.17. The van der Waals surface area contributed by atoms with E-state index in [2.05, 4.69) is 9.47 Å². The molecule has 0 bridgehead atoms. The number of aldehydes is 1. The van der Waals surface area contributed by atoms with Crippen LogP contribution in [0.4, 0.5) is 0 Å². The number of hydrogen-bond acceptors (Lipinski definition) is 8. The van der Waals surface area contributed by atoms with Crippen LogP contribution in [0.5, 0.6) is 0 Å². The first-order chi connectivity index (χ1) is 9.18. The van der Waals surface area contributed by atoms with Crippen molar-refractivity contribution in [2.24, 2.45) is 0 Å². The van der Waals surface area contributed by atoms with Gasteiger partial charge in [-0.1, -0.05) is 0 Å². The zero-order valence-corrected chi connectivity index (χ0v) is 11.7. The van der Waals surface area contributed by atoms with E-state index < -0.39 is 42.3 Å². The summed E-state index contributed by atoms with van der Waals surface area (Å²) in [6.07, 6.45) is -4.44. The van der Waals surface area contributed by atoms with E-state index in [4.69, 9.17) is 9.84 Å². The summed E-state index contributed by atoms with van der Waals surface area (Å²) in [6.45, 7) is 5.02. The van der Waals surface area contributed by atoms with E-state index in [9.17, 15) is 19.2 Å². The molecule has 0 aliphatic carbocycles. The Morgan fingerprint density at radius 3 is 1.65 bits per heavy atom. The van der Waals surface area contributed by atoms with Crippen molar-refractivity contribution < 1.29 is 38.5 Å². The van der Waals surface area contributed by atoms with Crippen LogP contribution in [-0.2, 0) is 33.4 Å². The first kappa shape index (κ1) is 18.0. The van der Waals surface area contributed by atoms with Crippen LogP contribution in [0.1, 0.15) is 27.7 Å². The number of ether oxygens (including phenoxy) is 3. The summed E-state index contributed by atoms with van der Waals surface area (Å²) in [4.78, 5) is 44.3. The van der Waals surface area contributed by atoms with Crippen molar-refractivity contribution in [3.8, 4) is 0 Å². The standard InChI is InChI=1S/C12H18O8/c1-6(5-13)18-11(16)8(3)20-12(17)9(4)19-10(15)7(2)14/h5-9,14H,1-4H3/t6-,7+,8-,9+/m1/s1. The first-order valence-electron chi connectivity index (χ1n) is 5.93. The Kier molecular flexibility index (Phi) is 7.45. The highest BCUT2D eigenvalue weighted by molar-refractivity contribution is 5.84. The summed E-state index contributed by atoms with van der Waals surface area (Å²) in [7, 11) is 0. The molecule has 0 aliphatic rings. The van der Waals surface area contributed by atoms with Gasteiger partial charge in [0.1, 0.15) is 6.10 Å². The molecule has 0 saturated heterocycles. The maximum Gasteiger partial charge on any atom is 0.347 e. The molecule has 20 heavy (non-hydrogen) atoms. The molecule has 0 rings (SSSR count). The Bertz CT molecular complexity index is 376. The number of carbonyl (C=O) groups is 4. The summed E-state index contributed by atoms with van der Waals surface area (Å²) in [5.41, 5.74) is 0. The Labute approximate surface area is 116 Å². The highest BCUT2D eigenvalue weighted by Crippen LogP contribution is 2.04. The summed E-state index contributed by atoms with van der Waals surface area (Å²) in [5.74, 6) is -2.85. The van der Waals surface area contributed by atoms with E-state index in [0.717, 1.165) is 0 Å². The molecule has 0 aromatic carbocycles. The van der Waals surface area contributed by atoms with Gasteiger partial charge in [0.15, 0.2) is 24.6 Å². The minimum Gasteiger partial charge on any atom is -0.452 e. The van der Waals surface area contributed by atoms with E-state index in [1.165, 1.54) is 27.7 Å². The molecule has 0 aromatic heterocycles. The molecule has 0 amide bonds. The third-order valence-corrected chi connectivity index (χ3v) is 2.08. The molecule has 0 heterocycles. The van der Waals surface area contributed by atoms with Gasteiger partial charge in [-0.15, -0.1) is 0 Å². The zero-order valence-electron chi connectivity index (χ0n) is 11.7. The van der Waals surface area contributed by atoms with Gasteiger partial charge >= 0.3 is 17.9 Å². The van der Waals surface area contributed by atoms with Crippen LogP contribution in [0.25, 0.3) is 0 Å². The smallest absolute Gasteiger partial charge is 0.347 e. The van der Waals surface area contributed by atoms with Gasteiger partial charge in [0.05, 0.1) is 0 Å². The average molecular weight is 290 g/mol. The zero-order chi connectivity index (χ0) is 15.9. The topological polar surface area (TPSA) is 116 Å². The van der Waals surface area contributed by atoms with Crippen molar-refractivity contribution in [1.29, 1.82) is 0 Å². The normalized spacial score (nSPS) is 16.2. The lowest BCUT2D eigenvalue weighted by atomic mass is 10.3. The minimum absolute atomic E-state index is 0.416. The second-order valence-electron chi connectivity index (χ2n) is 4.11. The fourth-order valence-electron chi connectivity index (χ4n) is 0.946. The molecule has 8 heteroatoms. The predicted octanol–water partition coefficient (Wildman–Crippen LogP) is -0.639. The second kappa shape index (κ2) is 8.26. The van der Waals surface area contributed by atoms with Gasteiger partial charge in [-0.05, 0) is 27.7 Å². The Balaban J connectivity index is 4.34. The van der Waals surface area contributed by atoms with E-state index in [-0.39, 0.29) is 0 Å². The molecular weight excluding hydrogens is 272 g/mol. The lowest BCUT2D eigenvalue weighted by molar-refractivity contribution is -0.180. The largest absolute Gasteiger partial charge is 0.452 e. The van der Waals surface area contributed by atoms with Crippen molar-refractivity contribution in [2.45, 2.75) is 52.1 Å². The molecule has 1 N–H and O–H groups in total. The van der Waals surface area contributed by atoms with Crippen LogP contribution in [0.15, 0.2) is 0 Å². The van der Waals surface area contributed by atoms with E-state index >= 15 is 0 Å². The van der Waals surface area contributed by atoms with Crippen molar-refractivity contribution in [3.05, 3.63) is 0 Å². The third-order valence-electron chi connectivity index (χ3n) is 2.08. The SMILES string of the molecule is C[C@H](C=O)OC(=O)[C@@H](C)OC(=O)[C@H](C)OC(=O)[C@H](C)O. The number of aliphatic hydroxyl groups excluding tert-OH is 1. The van der Waals surface area contributed by atoms with Crippen LogP contribution in [-0.4, -0.2) is 53.7 Å². The molecule has 114 valence electrons. The molecule has 0 unspecified atom stereocenters.